The van der Waals surface area contributed by atoms with Gasteiger partial charge < -0.3 is 14.5 Å². The molecule has 112 valence electrons. The molecule has 0 aromatic heterocycles. The molecule has 0 unspecified atom stereocenters. The van der Waals surface area contributed by atoms with Crippen molar-refractivity contribution in [2.45, 2.75) is 40.0 Å². The second-order valence-corrected chi connectivity index (χ2v) is 4.67. The molecule has 19 heavy (non-hydrogen) atoms. The van der Waals surface area contributed by atoms with Crippen molar-refractivity contribution in [1.82, 2.24) is 9.80 Å². The van der Waals surface area contributed by atoms with Gasteiger partial charge in [0.25, 0.3) is 0 Å². The Bertz CT molecular complexity index is 263. The van der Waals surface area contributed by atoms with E-state index in [0.29, 0.717) is 13.2 Å². The van der Waals surface area contributed by atoms with Crippen LogP contribution in [0.3, 0.4) is 0 Å². The maximum Gasteiger partial charge on any atom is 0.242 e. The highest BCUT2D eigenvalue weighted by Crippen LogP contribution is 2.00. The molecule has 5 nitrogen and oxygen atoms in total. The summed E-state index contributed by atoms with van der Waals surface area (Å²) in [6.45, 7) is 8.48. The molecule has 0 rings (SSSR count). The van der Waals surface area contributed by atoms with Crippen molar-refractivity contribution in [3.8, 4) is 0 Å². The lowest BCUT2D eigenvalue weighted by Gasteiger charge is -2.26. The van der Waals surface area contributed by atoms with Gasteiger partial charge in [0.15, 0.2) is 0 Å². The topological polar surface area (TPSA) is 49.9 Å². The van der Waals surface area contributed by atoms with Crippen molar-refractivity contribution in [3.05, 3.63) is 0 Å². The Hall–Kier alpha value is -1.10. The molecule has 0 aliphatic rings. The summed E-state index contributed by atoms with van der Waals surface area (Å²) in [5.41, 5.74) is 0. The van der Waals surface area contributed by atoms with Crippen LogP contribution in [0, 0.1) is 0 Å². The average Bonchev–Trinajstić information content (AvgIpc) is 2.37. The lowest BCUT2D eigenvalue weighted by molar-refractivity contribution is -0.139. The molecule has 0 fully saturated rings. The number of nitrogens with zero attached hydrogens (tertiary/aromatic N) is 2. The summed E-state index contributed by atoms with van der Waals surface area (Å²) < 4.78 is 4.97. The fourth-order valence-electron chi connectivity index (χ4n) is 1.91. The molecule has 0 N–H and O–H groups in total. The molecular formula is C14H28N2O3. The van der Waals surface area contributed by atoms with Gasteiger partial charge in [0.05, 0.1) is 6.54 Å². The average molecular weight is 272 g/mol. The molecule has 0 saturated heterocycles. The van der Waals surface area contributed by atoms with E-state index in [1.807, 2.05) is 4.90 Å². The van der Waals surface area contributed by atoms with Crippen molar-refractivity contribution in [2.75, 3.05) is 39.9 Å². The normalized spacial score (nSPS) is 10.3. The van der Waals surface area contributed by atoms with Crippen LogP contribution in [0.4, 0.5) is 0 Å². The van der Waals surface area contributed by atoms with Crippen LogP contribution >= 0.6 is 0 Å². The van der Waals surface area contributed by atoms with Gasteiger partial charge in [0.1, 0.15) is 0 Å². The van der Waals surface area contributed by atoms with Crippen molar-refractivity contribution >= 4 is 11.8 Å². The Kier molecular flexibility index (Phi) is 10.2. The molecule has 0 spiro atoms. The Labute approximate surface area is 116 Å². The summed E-state index contributed by atoms with van der Waals surface area (Å²) in [6.07, 6.45) is 2.63. The first-order chi connectivity index (χ1) is 9.06. The summed E-state index contributed by atoms with van der Waals surface area (Å²) >= 11 is 0. The van der Waals surface area contributed by atoms with E-state index >= 15 is 0 Å². The number of hydrogen-bond acceptors (Lipinski definition) is 3. The Morgan fingerprint density at radius 1 is 1.00 bits per heavy atom. The number of carbonyl (C=O) groups is 2. The highest BCUT2D eigenvalue weighted by molar-refractivity contribution is 5.83. The zero-order valence-electron chi connectivity index (χ0n) is 12.8. The lowest BCUT2D eigenvalue weighted by atomic mass is 10.3. The Balaban J connectivity index is 4.37. The van der Waals surface area contributed by atoms with Gasteiger partial charge in [-0.1, -0.05) is 13.8 Å². The number of methoxy groups -OCH3 is 1. The largest absolute Gasteiger partial charge is 0.385 e. The van der Waals surface area contributed by atoms with Gasteiger partial charge in [-0.2, -0.15) is 0 Å². The fourth-order valence-corrected chi connectivity index (χ4v) is 1.91. The minimum atomic E-state index is -0.0580. The summed E-state index contributed by atoms with van der Waals surface area (Å²) in [4.78, 5) is 27.1. The predicted octanol–water partition coefficient (Wildman–Crippen LogP) is 1.52. The van der Waals surface area contributed by atoms with Crippen molar-refractivity contribution in [2.24, 2.45) is 0 Å². The summed E-state index contributed by atoms with van der Waals surface area (Å²) in [5.74, 6) is -0.0197. The summed E-state index contributed by atoms with van der Waals surface area (Å²) in [7, 11) is 1.63. The monoisotopic (exact) mass is 272 g/mol. The highest BCUT2D eigenvalue weighted by Gasteiger charge is 2.17. The number of rotatable bonds is 10. The van der Waals surface area contributed by atoms with Crippen LogP contribution in [0.25, 0.3) is 0 Å². The molecule has 0 atom stereocenters. The third-order valence-electron chi connectivity index (χ3n) is 2.89. The first-order valence-corrected chi connectivity index (χ1v) is 7.09. The molecule has 0 aromatic carbocycles. The minimum absolute atomic E-state index is 0.0383. The molecule has 0 radical (unpaired) electrons. The van der Waals surface area contributed by atoms with Gasteiger partial charge in [-0.25, -0.2) is 0 Å². The second kappa shape index (κ2) is 10.8. The minimum Gasteiger partial charge on any atom is -0.385 e. The van der Waals surface area contributed by atoms with Gasteiger partial charge in [-0.3, -0.25) is 9.59 Å². The van der Waals surface area contributed by atoms with Crippen molar-refractivity contribution in [3.63, 3.8) is 0 Å². The zero-order chi connectivity index (χ0) is 14.7. The van der Waals surface area contributed by atoms with Gasteiger partial charge in [-0.05, 0) is 19.3 Å². The van der Waals surface area contributed by atoms with E-state index in [1.54, 1.807) is 12.0 Å². The summed E-state index contributed by atoms with van der Waals surface area (Å²) in [6, 6.07) is 0. The van der Waals surface area contributed by atoms with Crippen molar-refractivity contribution < 1.29 is 14.3 Å². The van der Waals surface area contributed by atoms with Gasteiger partial charge in [0.2, 0.25) is 11.8 Å². The molecule has 0 aliphatic carbocycles. The third-order valence-corrected chi connectivity index (χ3v) is 2.89. The van der Waals surface area contributed by atoms with E-state index in [-0.39, 0.29) is 18.4 Å². The lowest BCUT2D eigenvalue weighted by Crippen LogP contribution is -2.43. The van der Waals surface area contributed by atoms with E-state index in [9.17, 15) is 9.59 Å². The zero-order valence-corrected chi connectivity index (χ0v) is 12.8. The maximum absolute atomic E-state index is 12.2. The van der Waals surface area contributed by atoms with Crippen LogP contribution < -0.4 is 0 Å². The van der Waals surface area contributed by atoms with Crippen LogP contribution in [-0.4, -0.2) is 61.5 Å². The van der Waals surface area contributed by atoms with Crippen LogP contribution in [0.15, 0.2) is 0 Å². The molecule has 2 amide bonds. The third kappa shape index (κ3) is 7.82. The molecule has 0 bridgehead atoms. The Morgan fingerprint density at radius 3 is 2.00 bits per heavy atom. The van der Waals surface area contributed by atoms with E-state index < -0.39 is 0 Å². The molecule has 0 aromatic rings. The SMILES string of the molecule is CCCN(CCC)C(=O)CN(CCCOC)C(C)=O. The van der Waals surface area contributed by atoms with Crippen molar-refractivity contribution in [1.29, 1.82) is 0 Å². The van der Waals surface area contributed by atoms with E-state index in [4.69, 9.17) is 4.74 Å². The van der Waals surface area contributed by atoms with Crippen LogP contribution in [0.1, 0.15) is 40.0 Å². The van der Waals surface area contributed by atoms with Crippen LogP contribution in [0.5, 0.6) is 0 Å². The summed E-state index contributed by atoms with van der Waals surface area (Å²) in [5, 5.41) is 0. The Morgan fingerprint density at radius 2 is 1.58 bits per heavy atom. The quantitative estimate of drug-likeness (QED) is 0.567. The van der Waals surface area contributed by atoms with Gasteiger partial charge >= 0.3 is 0 Å². The van der Waals surface area contributed by atoms with Gasteiger partial charge in [-0.15, -0.1) is 0 Å². The highest BCUT2D eigenvalue weighted by atomic mass is 16.5. The van der Waals surface area contributed by atoms with Crippen LogP contribution in [-0.2, 0) is 14.3 Å². The molecule has 0 heterocycles. The first-order valence-electron chi connectivity index (χ1n) is 7.09. The predicted molar refractivity (Wildman–Crippen MR) is 75.9 cm³/mol. The number of carbonyl (C=O) groups excluding carboxylic acids is 2. The fraction of sp³-hybridized carbons (Fsp3) is 0.857. The van der Waals surface area contributed by atoms with E-state index in [0.717, 1.165) is 32.4 Å². The van der Waals surface area contributed by atoms with E-state index in [2.05, 4.69) is 13.8 Å². The van der Waals surface area contributed by atoms with E-state index in [1.165, 1.54) is 6.92 Å². The number of ether oxygens (including phenoxy) is 1. The maximum atomic E-state index is 12.2. The van der Waals surface area contributed by atoms with Gasteiger partial charge in [0, 0.05) is 40.3 Å². The number of amides is 2. The molecule has 0 saturated carbocycles. The second-order valence-electron chi connectivity index (χ2n) is 4.67. The molecular weight excluding hydrogens is 244 g/mol. The standard InChI is InChI=1S/C14H28N2O3/c1-5-8-15(9-6-2)14(18)12-16(13(3)17)10-7-11-19-4/h5-12H2,1-4H3. The van der Waals surface area contributed by atoms with Crippen LogP contribution in [0.2, 0.25) is 0 Å². The number of hydrogen-bond donors (Lipinski definition) is 0. The first kappa shape index (κ1) is 17.9. The smallest absolute Gasteiger partial charge is 0.242 e. The molecule has 0 aliphatic heterocycles. The molecule has 5 heteroatoms.